The number of carbonyl (C=O) groups is 1. The van der Waals surface area contributed by atoms with Crippen LogP contribution >= 0.6 is 40.7 Å². The monoisotopic (exact) mass is 412 g/mol. The second-order valence-corrected chi connectivity index (χ2v) is 6.38. The van der Waals surface area contributed by atoms with Crippen LogP contribution in [0.3, 0.4) is 0 Å². The molecule has 2 heterocycles. The quantitative estimate of drug-likeness (QED) is 0.799. The summed E-state index contributed by atoms with van der Waals surface area (Å²) in [6.45, 7) is 4.03. The van der Waals surface area contributed by atoms with Crippen molar-refractivity contribution < 1.29 is 4.79 Å². The average Bonchev–Trinajstić information content (AvgIpc) is 2.40. The Kier molecular flexibility index (Phi) is 9.31. The zero-order valence-electron chi connectivity index (χ0n) is 12.9. The van der Waals surface area contributed by atoms with Gasteiger partial charge >= 0.3 is 0 Å². The number of nitrogens with zero attached hydrogens (tertiary/aromatic N) is 2. The highest BCUT2D eigenvalue weighted by atomic mass is 79.9. The molecule has 0 spiro atoms. The van der Waals surface area contributed by atoms with Gasteiger partial charge in [-0.1, -0.05) is 6.92 Å². The standard InChI is InChI=1S/C14H21BrN4O.2ClH/c1-9-4-5-16-8-12(9)18-14(20)11-6-10(15)7-17-13(11)19(2)3;;/h6-7,9,12,16H,4-5,8H2,1-3H3,(H,18,20);2*1H. The molecule has 0 aliphatic carbocycles. The first-order valence-electron chi connectivity index (χ1n) is 6.83. The van der Waals surface area contributed by atoms with E-state index in [9.17, 15) is 4.79 Å². The minimum Gasteiger partial charge on any atom is -0.362 e. The second-order valence-electron chi connectivity index (χ2n) is 5.47. The van der Waals surface area contributed by atoms with Crippen molar-refractivity contribution in [3.63, 3.8) is 0 Å². The van der Waals surface area contributed by atoms with Gasteiger partial charge in [0.1, 0.15) is 5.82 Å². The molecule has 1 amide bonds. The van der Waals surface area contributed by atoms with E-state index >= 15 is 0 Å². The van der Waals surface area contributed by atoms with Crippen LogP contribution in [0.5, 0.6) is 0 Å². The summed E-state index contributed by atoms with van der Waals surface area (Å²) in [5.74, 6) is 1.10. The number of hydrogen-bond acceptors (Lipinski definition) is 4. The van der Waals surface area contributed by atoms with Crippen LogP contribution in [-0.2, 0) is 0 Å². The molecular weight excluding hydrogens is 391 g/mol. The van der Waals surface area contributed by atoms with Gasteiger partial charge < -0.3 is 15.5 Å². The number of rotatable bonds is 3. The maximum atomic E-state index is 12.5. The first-order chi connectivity index (χ1) is 9.49. The molecule has 1 fully saturated rings. The number of carbonyl (C=O) groups excluding carboxylic acids is 1. The van der Waals surface area contributed by atoms with Gasteiger partial charge in [0.2, 0.25) is 0 Å². The maximum absolute atomic E-state index is 12.5. The van der Waals surface area contributed by atoms with E-state index in [1.165, 1.54) is 0 Å². The van der Waals surface area contributed by atoms with Crippen molar-refractivity contribution in [2.24, 2.45) is 5.92 Å². The molecule has 5 nitrogen and oxygen atoms in total. The fourth-order valence-electron chi connectivity index (χ4n) is 2.38. The Balaban J connectivity index is 0.00000220. The Labute approximate surface area is 152 Å². The van der Waals surface area contributed by atoms with Crippen LogP contribution in [0, 0.1) is 5.92 Å². The van der Waals surface area contributed by atoms with Crippen molar-refractivity contribution in [1.29, 1.82) is 0 Å². The third-order valence-corrected chi connectivity index (χ3v) is 4.08. The highest BCUT2D eigenvalue weighted by molar-refractivity contribution is 9.10. The lowest BCUT2D eigenvalue weighted by molar-refractivity contribution is 0.0915. The number of halogens is 3. The van der Waals surface area contributed by atoms with Crippen molar-refractivity contribution in [3.8, 4) is 0 Å². The van der Waals surface area contributed by atoms with Crippen molar-refractivity contribution in [2.75, 3.05) is 32.1 Å². The van der Waals surface area contributed by atoms with Gasteiger partial charge in [-0.15, -0.1) is 24.8 Å². The normalized spacial score (nSPS) is 20.4. The first-order valence-corrected chi connectivity index (χ1v) is 7.62. The summed E-state index contributed by atoms with van der Waals surface area (Å²) in [5.41, 5.74) is 0.599. The van der Waals surface area contributed by atoms with E-state index in [-0.39, 0.29) is 36.8 Å². The smallest absolute Gasteiger partial charge is 0.255 e. The molecule has 2 N–H and O–H groups in total. The second kappa shape index (κ2) is 9.55. The van der Waals surface area contributed by atoms with E-state index in [1.807, 2.05) is 25.1 Å². The molecule has 8 heteroatoms. The summed E-state index contributed by atoms with van der Waals surface area (Å²) in [4.78, 5) is 18.7. The molecule has 1 aromatic heterocycles. The van der Waals surface area contributed by atoms with Gasteiger partial charge in [0.05, 0.1) is 5.56 Å². The Bertz CT molecular complexity index is 502. The predicted octanol–water partition coefficient (Wildman–Crippen LogP) is 2.48. The van der Waals surface area contributed by atoms with Crippen molar-refractivity contribution >= 4 is 52.5 Å². The van der Waals surface area contributed by atoms with Crippen LogP contribution < -0.4 is 15.5 Å². The lowest BCUT2D eigenvalue weighted by Gasteiger charge is -2.30. The van der Waals surface area contributed by atoms with E-state index in [0.29, 0.717) is 17.3 Å². The Morgan fingerprint density at radius 3 is 2.73 bits per heavy atom. The maximum Gasteiger partial charge on any atom is 0.255 e. The largest absolute Gasteiger partial charge is 0.362 e. The SMILES string of the molecule is CC1CCNCC1NC(=O)c1cc(Br)cnc1N(C)C.Cl.Cl. The summed E-state index contributed by atoms with van der Waals surface area (Å²) < 4.78 is 0.808. The fourth-order valence-corrected chi connectivity index (χ4v) is 2.72. The van der Waals surface area contributed by atoms with E-state index in [2.05, 4.69) is 38.5 Å². The summed E-state index contributed by atoms with van der Waals surface area (Å²) in [5, 5.41) is 6.44. The van der Waals surface area contributed by atoms with Gasteiger partial charge in [0, 0.05) is 37.4 Å². The summed E-state index contributed by atoms with van der Waals surface area (Å²) >= 11 is 3.38. The predicted molar refractivity (Wildman–Crippen MR) is 98.7 cm³/mol. The minimum absolute atomic E-state index is 0. The molecule has 0 bridgehead atoms. The Morgan fingerprint density at radius 2 is 2.14 bits per heavy atom. The molecule has 0 aromatic carbocycles. The van der Waals surface area contributed by atoms with Crippen LogP contribution in [0.1, 0.15) is 23.7 Å². The van der Waals surface area contributed by atoms with E-state index < -0.39 is 0 Å². The van der Waals surface area contributed by atoms with Crippen molar-refractivity contribution in [3.05, 3.63) is 22.3 Å². The van der Waals surface area contributed by atoms with E-state index in [0.717, 1.165) is 24.0 Å². The Hall–Kier alpha value is -0.560. The van der Waals surface area contributed by atoms with E-state index in [1.54, 1.807) is 6.20 Å². The molecule has 1 saturated heterocycles. The molecule has 126 valence electrons. The van der Waals surface area contributed by atoms with E-state index in [4.69, 9.17) is 0 Å². The fraction of sp³-hybridized carbons (Fsp3) is 0.571. The highest BCUT2D eigenvalue weighted by Crippen LogP contribution is 2.21. The summed E-state index contributed by atoms with van der Waals surface area (Å²) in [7, 11) is 3.77. The molecule has 1 aliphatic rings. The molecule has 1 aliphatic heterocycles. The zero-order chi connectivity index (χ0) is 14.7. The number of amides is 1. The van der Waals surface area contributed by atoms with Crippen molar-refractivity contribution in [1.82, 2.24) is 15.6 Å². The molecule has 1 aromatic rings. The van der Waals surface area contributed by atoms with Crippen LogP contribution in [0.4, 0.5) is 5.82 Å². The number of anilines is 1. The molecule has 2 unspecified atom stereocenters. The highest BCUT2D eigenvalue weighted by Gasteiger charge is 2.24. The third kappa shape index (κ3) is 5.26. The molecule has 2 atom stereocenters. The van der Waals surface area contributed by atoms with Gasteiger partial charge in [-0.05, 0) is 40.9 Å². The van der Waals surface area contributed by atoms with Gasteiger partial charge in [-0.25, -0.2) is 4.98 Å². The topological polar surface area (TPSA) is 57.3 Å². The minimum atomic E-state index is -0.0666. The van der Waals surface area contributed by atoms with Crippen LogP contribution in [-0.4, -0.2) is 44.1 Å². The number of piperidine rings is 1. The molecule has 22 heavy (non-hydrogen) atoms. The molecule has 0 radical (unpaired) electrons. The number of hydrogen-bond donors (Lipinski definition) is 2. The summed E-state index contributed by atoms with van der Waals surface area (Å²) in [6.07, 6.45) is 2.79. The van der Waals surface area contributed by atoms with Crippen molar-refractivity contribution in [2.45, 2.75) is 19.4 Å². The van der Waals surface area contributed by atoms with Gasteiger partial charge in [-0.3, -0.25) is 4.79 Å². The summed E-state index contributed by atoms with van der Waals surface area (Å²) in [6, 6.07) is 1.99. The van der Waals surface area contributed by atoms with Gasteiger partial charge in [0.15, 0.2) is 0 Å². The van der Waals surface area contributed by atoms with Crippen LogP contribution in [0.25, 0.3) is 0 Å². The molecule has 2 rings (SSSR count). The zero-order valence-corrected chi connectivity index (χ0v) is 16.1. The Morgan fingerprint density at radius 1 is 1.45 bits per heavy atom. The van der Waals surface area contributed by atoms with Crippen LogP contribution in [0.2, 0.25) is 0 Å². The lowest BCUT2D eigenvalue weighted by atomic mass is 9.94. The van der Waals surface area contributed by atoms with Crippen LogP contribution in [0.15, 0.2) is 16.7 Å². The molecular formula is C14H23BrCl2N4O. The van der Waals surface area contributed by atoms with Gasteiger partial charge in [-0.2, -0.15) is 0 Å². The number of pyridine rings is 1. The number of aromatic nitrogens is 1. The first kappa shape index (κ1) is 21.4. The number of nitrogens with one attached hydrogen (secondary N) is 2. The molecule has 0 saturated carbocycles. The van der Waals surface area contributed by atoms with Gasteiger partial charge in [0.25, 0.3) is 5.91 Å². The third-order valence-electron chi connectivity index (χ3n) is 3.65. The average molecular weight is 414 g/mol. The lowest BCUT2D eigenvalue weighted by Crippen LogP contribution is -2.50.